The maximum atomic E-state index is 13.1. The minimum Gasteiger partial charge on any atom is -0.381 e. The fourth-order valence-corrected chi connectivity index (χ4v) is 8.63. The van der Waals surface area contributed by atoms with E-state index >= 15 is 0 Å². The molecule has 4 aliphatic rings. The molecule has 14 heteroatoms. The van der Waals surface area contributed by atoms with E-state index in [1.807, 2.05) is 35.4 Å². The van der Waals surface area contributed by atoms with Gasteiger partial charge in [-0.1, -0.05) is 30.0 Å². The topological polar surface area (TPSA) is 169 Å². The van der Waals surface area contributed by atoms with E-state index in [1.54, 1.807) is 31.3 Å². The number of nitrogens with zero attached hydrogens (tertiary/aromatic N) is 6. The van der Waals surface area contributed by atoms with Crippen molar-refractivity contribution in [1.82, 2.24) is 40.2 Å². The molecule has 2 saturated heterocycles. The Kier molecular flexibility index (Phi) is 10.2. The lowest BCUT2D eigenvalue weighted by atomic mass is 9.90. The maximum absolute atomic E-state index is 13.1. The summed E-state index contributed by atoms with van der Waals surface area (Å²) in [5.41, 5.74) is 8.06. The second kappa shape index (κ2) is 15.9. The molecule has 2 aromatic carbocycles. The third kappa shape index (κ3) is 7.34. The number of aromatic nitrogens is 4. The van der Waals surface area contributed by atoms with Gasteiger partial charge in [0.15, 0.2) is 0 Å². The zero-order valence-electron chi connectivity index (χ0n) is 32.6. The summed E-state index contributed by atoms with van der Waals surface area (Å²) in [6, 6.07) is 16.3. The van der Waals surface area contributed by atoms with Crippen LogP contribution in [0.1, 0.15) is 93.9 Å². The van der Waals surface area contributed by atoms with Crippen LogP contribution in [-0.2, 0) is 38.6 Å². The van der Waals surface area contributed by atoms with Gasteiger partial charge in [-0.2, -0.15) is 5.10 Å². The molecule has 7 heterocycles. The van der Waals surface area contributed by atoms with E-state index in [0.29, 0.717) is 62.7 Å². The van der Waals surface area contributed by atoms with E-state index in [1.165, 1.54) is 16.2 Å². The molecular formula is C45H42N8O6. The summed E-state index contributed by atoms with van der Waals surface area (Å²) in [4.78, 5) is 75.1. The minimum atomic E-state index is -0.693. The van der Waals surface area contributed by atoms with E-state index in [-0.39, 0.29) is 42.3 Å². The lowest BCUT2D eigenvalue weighted by Crippen LogP contribution is -2.52. The van der Waals surface area contributed by atoms with Crippen LogP contribution in [0.5, 0.6) is 0 Å². The molecule has 0 radical (unpaired) electrons. The van der Waals surface area contributed by atoms with Crippen LogP contribution in [0.2, 0.25) is 0 Å². The van der Waals surface area contributed by atoms with Gasteiger partial charge in [0.25, 0.3) is 11.8 Å². The third-order valence-electron chi connectivity index (χ3n) is 11.7. The van der Waals surface area contributed by atoms with Crippen molar-refractivity contribution < 1.29 is 28.7 Å². The van der Waals surface area contributed by atoms with Gasteiger partial charge in [-0.15, -0.1) is 0 Å². The van der Waals surface area contributed by atoms with E-state index in [2.05, 4.69) is 44.3 Å². The van der Waals surface area contributed by atoms with Crippen LogP contribution >= 0.6 is 0 Å². The number of carbonyl (C=O) groups is 5. The fourth-order valence-electron chi connectivity index (χ4n) is 8.63. The van der Waals surface area contributed by atoms with Gasteiger partial charge in [0, 0.05) is 98.6 Å². The van der Waals surface area contributed by atoms with Crippen molar-refractivity contribution in [3.63, 3.8) is 0 Å². The molecule has 2 fully saturated rings. The largest absolute Gasteiger partial charge is 0.381 e. The van der Waals surface area contributed by atoms with Crippen molar-refractivity contribution in [2.75, 3.05) is 26.3 Å². The summed E-state index contributed by atoms with van der Waals surface area (Å²) in [6.07, 6.45) is 6.99. The number of imide groups is 1. The molecule has 0 saturated carbocycles. The predicted molar refractivity (Wildman–Crippen MR) is 216 cm³/mol. The van der Waals surface area contributed by atoms with Crippen molar-refractivity contribution in [1.29, 1.82) is 0 Å². The lowest BCUT2D eigenvalue weighted by molar-refractivity contribution is -0.137. The molecule has 4 aliphatic heterocycles. The van der Waals surface area contributed by atoms with E-state index in [0.717, 1.165) is 58.2 Å². The van der Waals surface area contributed by atoms with Crippen molar-refractivity contribution in [2.24, 2.45) is 0 Å². The van der Waals surface area contributed by atoms with Gasteiger partial charge >= 0.3 is 0 Å². The van der Waals surface area contributed by atoms with Gasteiger partial charge in [-0.25, -0.2) is 4.68 Å². The third-order valence-corrected chi connectivity index (χ3v) is 11.7. The van der Waals surface area contributed by atoms with Gasteiger partial charge in [0.2, 0.25) is 17.7 Å². The first-order valence-corrected chi connectivity index (χ1v) is 20.1. The highest BCUT2D eigenvalue weighted by Crippen LogP contribution is 2.37. The van der Waals surface area contributed by atoms with E-state index in [9.17, 15) is 24.0 Å². The first-order chi connectivity index (χ1) is 28.7. The fraction of sp³-hybridized carbons (Fsp3) is 0.333. The number of pyridine rings is 2. The first kappa shape index (κ1) is 37.8. The van der Waals surface area contributed by atoms with Gasteiger partial charge < -0.3 is 19.9 Å². The highest BCUT2D eigenvalue weighted by atomic mass is 16.5. The molecule has 5 aromatic rings. The number of hydrogen-bond donors (Lipinski definition) is 2. The van der Waals surface area contributed by atoms with E-state index in [4.69, 9.17) is 14.8 Å². The quantitative estimate of drug-likeness (QED) is 0.139. The number of benzene rings is 2. The SMILES string of the molecule is CC(=O)N1CCc2c(nn(-c3cccc4cc(-c5ccc(C(=O)NCCC#Cc6cccc7c6CN(C6CCC(=O)NC6=O)C7=O)nc5)ncc34)c2C2CCOCC2)C1. The second-order valence-electron chi connectivity index (χ2n) is 15.3. The average Bonchev–Trinajstić information content (AvgIpc) is 3.81. The maximum Gasteiger partial charge on any atom is 0.269 e. The summed E-state index contributed by atoms with van der Waals surface area (Å²) in [6.45, 7) is 4.77. The smallest absolute Gasteiger partial charge is 0.269 e. The van der Waals surface area contributed by atoms with Crippen molar-refractivity contribution in [2.45, 2.75) is 70.5 Å². The molecule has 0 spiro atoms. The molecule has 59 heavy (non-hydrogen) atoms. The molecule has 1 atom stereocenters. The van der Waals surface area contributed by atoms with Crippen LogP contribution in [-0.4, -0.2) is 91.4 Å². The normalized spacial score (nSPS) is 17.9. The Morgan fingerprint density at radius 2 is 1.80 bits per heavy atom. The average molecular weight is 791 g/mol. The number of piperidine rings is 1. The Hall–Kier alpha value is -6.72. The number of rotatable bonds is 7. The van der Waals surface area contributed by atoms with E-state index < -0.39 is 11.9 Å². The predicted octanol–water partition coefficient (Wildman–Crippen LogP) is 4.21. The van der Waals surface area contributed by atoms with Gasteiger partial charge in [0.05, 0.1) is 29.3 Å². The first-order valence-electron chi connectivity index (χ1n) is 20.1. The molecule has 1 unspecified atom stereocenters. The Labute approximate surface area is 340 Å². The molecule has 9 rings (SSSR count). The number of ether oxygens (including phenoxy) is 1. The number of hydrogen-bond acceptors (Lipinski definition) is 9. The number of amides is 5. The molecule has 0 bridgehead atoms. The second-order valence-corrected chi connectivity index (χ2v) is 15.3. The van der Waals surface area contributed by atoms with Crippen LogP contribution in [0, 0.1) is 11.8 Å². The Morgan fingerprint density at radius 1 is 0.949 bits per heavy atom. The number of nitrogens with one attached hydrogen (secondary N) is 2. The highest BCUT2D eigenvalue weighted by molar-refractivity contribution is 6.05. The van der Waals surface area contributed by atoms with Crippen LogP contribution < -0.4 is 10.6 Å². The molecule has 3 aromatic heterocycles. The Bertz CT molecular complexity index is 2600. The molecule has 14 nitrogen and oxygen atoms in total. The highest BCUT2D eigenvalue weighted by Gasteiger charge is 2.40. The van der Waals surface area contributed by atoms with Crippen LogP contribution in [0.25, 0.3) is 27.7 Å². The van der Waals surface area contributed by atoms with Crippen molar-refractivity contribution in [3.8, 4) is 28.8 Å². The van der Waals surface area contributed by atoms with Gasteiger partial charge in [-0.05, 0) is 73.0 Å². The van der Waals surface area contributed by atoms with Gasteiger partial charge in [-0.3, -0.25) is 39.3 Å². The van der Waals surface area contributed by atoms with Crippen molar-refractivity contribution >= 4 is 40.3 Å². The summed E-state index contributed by atoms with van der Waals surface area (Å²) in [5, 5.41) is 12.3. The summed E-state index contributed by atoms with van der Waals surface area (Å²) in [7, 11) is 0. The zero-order chi connectivity index (χ0) is 40.6. The number of fused-ring (bicyclic) bond motifs is 3. The molecule has 5 amide bonds. The Morgan fingerprint density at radius 3 is 2.59 bits per heavy atom. The molecule has 298 valence electrons. The van der Waals surface area contributed by atoms with Crippen LogP contribution in [0.4, 0.5) is 0 Å². The molecule has 0 aliphatic carbocycles. The standard InChI is InChI=1S/C45H42N8O6/c1-27(54)51-19-15-33-38(26-51)50-53(42(33)29-16-20-59-21-17-29)39-10-5-8-30-22-37(48-24-34(30)39)31-11-12-36(47-23-31)43(56)46-18-3-2-6-28-7-4-9-32-35(28)25-52(45(32)58)40-13-14-41(55)49-44(40)57/h4-5,7-12,22-24,29,40H,3,13-21,25-26H2,1H3,(H,46,56)(H,49,55,57). The van der Waals surface area contributed by atoms with Crippen LogP contribution in [0.15, 0.2) is 67.0 Å². The zero-order valence-corrected chi connectivity index (χ0v) is 32.6. The summed E-state index contributed by atoms with van der Waals surface area (Å²) in [5.74, 6) is 5.23. The molecular weight excluding hydrogens is 749 g/mol. The summed E-state index contributed by atoms with van der Waals surface area (Å²) < 4.78 is 7.79. The summed E-state index contributed by atoms with van der Waals surface area (Å²) >= 11 is 0. The minimum absolute atomic E-state index is 0.0564. The van der Waals surface area contributed by atoms with Crippen molar-refractivity contribution in [3.05, 3.63) is 106 Å². The lowest BCUT2D eigenvalue weighted by Gasteiger charge is -2.29. The Balaban J connectivity index is 0.860. The molecule has 2 N–H and O–H groups in total. The van der Waals surface area contributed by atoms with Gasteiger partial charge in [0.1, 0.15) is 11.7 Å². The number of carbonyl (C=O) groups excluding carboxylic acids is 5. The van der Waals surface area contributed by atoms with Crippen LogP contribution in [0.3, 0.4) is 0 Å². The monoisotopic (exact) mass is 790 g/mol.